The highest BCUT2D eigenvalue weighted by Crippen LogP contribution is 2.27. The van der Waals surface area contributed by atoms with Crippen molar-refractivity contribution in [3.05, 3.63) is 59.2 Å². The van der Waals surface area contributed by atoms with E-state index in [0.717, 1.165) is 41.2 Å². The van der Waals surface area contributed by atoms with E-state index < -0.39 is 0 Å². The molecular formula is C24H30N2O3. The molecule has 5 heteroatoms. The van der Waals surface area contributed by atoms with Crippen LogP contribution in [0.25, 0.3) is 0 Å². The van der Waals surface area contributed by atoms with Gasteiger partial charge in [0.1, 0.15) is 5.75 Å². The minimum atomic E-state index is 0.0211. The first kappa shape index (κ1) is 20.9. The molecule has 1 fully saturated rings. The van der Waals surface area contributed by atoms with E-state index in [4.69, 9.17) is 4.74 Å². The number of ether oxygens (including phenoxy) is 1. The molecule has 0 atom stereocenters. The Morgan fingerprint density at radius 1 is 1.00 bits per heavy atom. The summed E-state index contributed by atoms with van der Waals surface area (Å²) in [5, 5.41) is 0. The molecule has 1 amide bonds. The number of anilines is 1. The fraction of sp³-hybridized carbons (Fsp3) is 0.417. The van der Waals surface area contributed by atoms with Crippen LogP contribution in [0.4, 0.5) is 5.69 Å². The molecule has 2 aromatic rings. The molecule has 1 saturated heterocycles. The van der Waals surface area contributed by atoms with Gasteiger partial charge >= 0.3 is 0 Å². The Kier molecular flexibility index (Phi) is 6.57. The molecule has 154 valence electrons. The van der Waals surface area contributed by atoms with Gasteiger partial charge in [0, 0.05) is 37.4 Å². The van der Waals surface area contributed by atoms with E-state index >= 15 is 0 Å². The Balaban J connectivity index is 1.54. The SMILES string of the molecule is CC(=O)c1ccc(N2CCN(C(=O)COc3cc(C)ccc3C(C)C)CC2)cc1. The van der Waals surface area contributed by atoms with Crippen LogP contribution < -0.4 is 9.64 Å². The van der Waals surface area contributed by atoms with Crippen molar-refractivity contribution in [1.82, 2.24) is 4.90 Å². The Labute approximate surface area is 173 Å². The third-order valence-corrected chi connectivity index (χ3v) is 5.41. The number of rotatable bonds is 6. The molecular weight excluding hydrogens is 364 g/mol. The van der Waals surface area contributed by atoms with Gasteiger partial charge in [0.25, 0.3) is 5.91 Å². The Hall–Kier alpha value is -2.82. The number of amides is 1. The van der Waals surface area contributed by atoms with Gasteiger partial charge in [-0.15, -0.1) is 0 Å². The molecule has 0 saturated carbocycles. The molecule has 0 aliphatic carbocycles. The fourth-order valence-corrected chi connectivity index (χ4v) is 3.60. The van der Waals surface area contributed by atoms with Crippen LogP contribution in [0.2, 0.25) is 0 Å². The van der Waals surface area contributed by atoms with Gasteiger partial charge in [0.05, 0.1) is 0 Å². The second kappa shape index (κ2) is 9.12. The molecule has 0 radical (unpaired) electrons. The van der Waals surface area contributed by atoms with Crippen molar-refractivity contribution in [1.29, 1.82) is 0 Å². The minimum Gasteiger partial charge on any atom is -0.483 e. The maximum Gasteiger partial charge on any atom is 0.260 e. The number of Topliss-reactive ketones (excluding diaryl/α,β-unsaturated/α-hetero) is 1. The molecule has 29 heavy (non-hydrogen) atoms. The van der Waals surface area contributed by atoms with E-state index in [2.05, 4.69) is 30.9 Å². The van der Waals surface area contributed by atoms with Crippen LogP contribution in [0.3, 0.4) is 0 Å². The second-order valence-corrected chi connectivity index (χ2v) is 7.96. The third kappa shape index (κ3) is 5.17. The van der Waals surface area contributed by atoms with Gasteiger partial charge in [-0.2, -0.15) is 0 Å². The van der Waals surface area contributed by atoms with Gasteiger partial charge in [-0.25, -0.2) is 0 Å². The van der Waals surface area contributed by atoms with Crippen LogP contribution in [0.1, 0.15) is 48.2 Å². The largest absolute Gasteiger partial charge is 0.483 e. The lowest BCUT2D eigenvalue weighted by Gasteiger charge is -2.36. The summed E-state index contributed by atoms with van der Waals surface area (Å²) >= 11 is 0. The first-order chi connectivity index (χ1) is 13.8. The number of benzene rings is 2. The second-order valence-electron chi connectivity index (χ2n) is 7.96. The molecule has 1 aliphatic heterocycles. The van der Waals surface area contributed by atoms with Crippen LogP contribution in [-0.2, 0) is 4.79 Å². The molecule has 0 N–H and O–H groups in total. The summed E-state index contributed by atoms with van der Waals surface area (Å²) in [5.41, 5.74) is 4.06. The Bertz CT molecular complexity index is 866. The van der Waals surface area contributed by atoms with Gasteiger partial charge in [-0.05, 0) is 61.2 Å². The van der Waals surface area contributed by atoms with Crippen LogP contribution in [0.5, 0.6) is 5.75 Å². The van der Waals surface area contributed by atoms with E-state index in [0.29, 0.717) is 19.0 Å². The number of piperazine rings is 1. The molecule has 0 aromatic heterocycles. The number of carbonyl (C=O) groups is 2. The van der Waals surface area contributed by atoms with E-state index in [9.17, 15) is 9.59 Å². The van der Waals surface area contributed by atoms with Crippen LogP contribution in [0, 0.1) is 6.92 Å². The lowest BCUT2D eigenvalue weighted by molar-refractivity contribution is -0.133. The number of aryl methyl sites for hydroxylation is 1. The number of nitrogens with zero attached hydrogens (tertiary/aromatic N) is 2. The average molecular weight is 395 g/mol. The molecule has 3 rings (SSSR count). The van der Waals surface area contributed by atoms with Gasteiger partial charge < -0.3 is 14.5 Å². The number of ketones is 1. The van der Waals surface area contributed by atoms with Crippen molar-refractivity contribution in [2.75, 3.05) is 37.7 Å². The maximum atomic E-state index is 12.6. The van der Waals surface area contributed by atoms with Crippen molar-refractivity contribution in [2.45, 2.75) is 33.6 Å². The molecule has 5 nitrogen and oxygen atoms in total. The maximum absolute atomic E-state index is 12.6. The average Bonchev–Trinajstić information content (AvgIpc) is 2.72. The predicted octanol–water partition coefficient (Wildman–Crippen LogP) is 4.05. The van der Waals surface area contributed by atoms with Gasteiger partial charge in [-0.3, -0.25) is 9.59 Å². The molecule has 0 spiro atoms. The van der Waals surface area contributed by atoms with E-state index in [1.54, 1.807) is 6.92 Å². The highest BCUT2D eigenvalue weighted by atomic mass is 16.5. The zero-order valence-corrected chi connectivity index (χ0v) is 17.8. The summed E-state index contributed by atoms with van der Waals surface area (Å²) in [4.78, 5) is 28.2. The van der Waals surface area contributed by atoms with Crippen molar-refractivity contribution in [2.24, 2.45) is 0 Å². The Morgan fingerprint density at radius 3 is 2.24 bits per heavy atom. The summed E-state index contributed by atoms with van der Waals surface area (Å²) in [7, 11) is 0. The van der Waals surface area contributed by atoms with Crippen LogP contribution in [-0.4, -0.2) is 49.4 Å². The minimum absolute atomic E-state index is 0.0211. The summed E-state index contributed by atoms with van der Waals surface area (Å²) < 4.78 is 5.90. The van der Waals surface area contributed by atoms with Crippen molar-refractivity contribution >= 4 is 17.4 Å². The molecule has 1 aliphatic rings. The van der Waals surface area contributed by atoms with Crippen molar-refractivity contribution in [3.63, 3.8) is 0 Å². The molecule has 2 aromatic carbocycles. The van der Waals surface area contributed by atoms with Crippen LogP contribution >= 0.6 is 0 Å². The van der Waals surface area contributed by atoms with Crippen molar-refractivity contribution < 1.29 is 14.3 Å². The topological polar surface area (TPSA) is 49.9 Å². The van der Waals surface area contributed by atoms with Gasteiger partial charge in [0.2, 0.25) is 0 Å². The smallest absolute Gasteiger partial charge is 0.260 e. The lowest BCUT2D eigenvalue weighted by Crippen LogP contribution is -2.50. The van der Waals surface area contributed by atoms with Crippen LogP contribution in [0.15, 0.2) is 42.5 Å². The number of hydrogen-bond acceptors (Lipinski definition) is 4. The highest BCUT2D eigenvalue weighted by Gasteiger charge is 2.22. The summed E-state index contributed by atoms with van der Waals surface area (Å²) in [6.45, 7) is 10.8. The fourth-order valence-electron chi connectivity index (χ4n) is 3.60. The van der Waals surface area contributed by atoms with Gasteiger partial charge in [-0.1, -0.05) is 26.0 Å². The van der Waals surface area contributed by atoms with E-state index in [1.807, 2.05) is 42.2 Å². The monoisotopic (exact) mass is 394 g/mol. The van der Waals surface area contributed by atoms with E-state index in [-0.39, 0.29) is 18.3 Å². The summed E-state index contributed by atoms with van der Waals surface area (Å²) in [6, 6.07) is 13.8. The molecule has 0 unspecified atom stereocenters. The zero-order valence-electron chi connectivity index (χ0n) is 17.8. The Morgan fingerprint density at radius 2 is 1.66 bits per heavy atom. The predicted molar refractivity (Wildman–Crippen MR) is 116 cm³/mol. The first-order valence-corrected chi connectivity index (χ1v) is 10.2. The number of carbonyl (C=O) groups excluding carboxylic acids is 2. The van der Waals surface area contributed by atoms with Gasteiger partial charge in [0.15, 0.2) is 12.4 Å². The zero-order chi connectivity index (χ0) is 21.0. The normalized spacial score (nSPS) is 14.2. The first-order valence-electron chi connectivity index (χ1n) is 10.2. The lowest BCUT2D eigenvalue weighted by atomic mass is 10.0. The third-order valence-electron chi connectivity index (χ3n) is 5.41. The van der Waals surface area contributed by atoms with Crippen molar-refractivity contribution in [3.8, 4) is 5.75 Å². The standard InChI is InChI=1S/C24H30N2O3/c1-17(2)22-10-5-18(3)15-23(22)29-16-24(28)26-13-11-25(12-14-26)21-8-6-20(7-9-21)19(4)27/h5-10,15,17H,11-14,16H2,1-4H3. The molecule has 1 heterocycles. The molecule has 0 bridgehead atoms. The number of hydrogen-bond donors (Lipinski definition) is 0. The summed E-state index contributed by atoms with van der Waals surface area (Å²) in [5.74, 6) is 1.24. The quantitative estimate of drug-likeness (QED) is 0.694. The summed E-state index contributed by atoms with van der Waals surface area (Å²) in [6.07, 6.45) is 0. The van der Waals surface area contributed by atoms with E-state index in [1.165, 1.54) is 0 Å². The highest BCUT2D eigenvalue weighted by molar-refractivity contribution is 5.94.